The predicted octanol–water partition coefficient (Wildman–Crippen LogP) is 6.01. The van der Waals surface area contributed by atoms with Gasteiger partial charge >= 0.3 is 12.1 Å². The third kappa shape index (κ3) is 11.3. The number of hydrogen-bond acceptors (Lipinski definition) is 7. The largest absolute Gasteiger partial charge is 0.469 e. The second-order valence-corrected chi connectivity index (χ2v) is 12.7. The van der Waals surface area contributed by atoms with E-state index in [0.717, 1.165) is 27.8 Å². The number of rotatable bonds is 14. The molecular weight excluding hydrogens is 620 g/mol. The lowest BCUT2D eigenvalue weighted by molar-refractivity contribution is -0.147. The van der Waals surface area contributed by atoms with E-state index in [2.05, 4.69) is 10.6 Å². The maximum Gasteiger partial charge on any atom is 0.407 e. The van der Waals surface area contributed by atoms with E-state index in [1.165, 1.54) is 7.11 Å². The normalized spacial score (nSPS) is 12.3. The summed E-state index contributed by atoms with van der Waals surface area (Å²) in [5.74, 6) is -1.75. The molecule has 0 aliphatic heterocycles. The van der Waals surface area contributed by atoms with Crippen molar-refractivity contribution in [2.45, 2.75) is 52.0 Å². The second kappa shape index (κ2) is 17.1. The summed E-state index contributed by atoms with van der Waals surface area (Å²) in [7, 11) is 1.31. The molecule has 2 amide bonds. The summed E-state index contributed by atoms with van der Waals surface area (Å²) in [6.45, 7) is 6.08. The molecule has 2 atom stereocenters. The standard InChI is InChI=1S/C39H44N4O6/c1-39(2,3)49-38(46)42-23-28-13-9-14-31(21-28)29-16-18-30(19-17-29)36(44)43-34(25-48-24-26-10-6-5-7-11-26)33(37(45)47-4)22-27-12-8-15-32(20-27)35(40)41/h5-21,33-34H,22-25H2,1-4H3,(H3,40,41)(H,42,46)(H,43,44). The van der Waals surface area contributed by atoms with Gasteiger partial charge in [-0.05, 0) is 79.3 Å². The fourth-order valence-electron chi connectivity index (χ4n) is 5.21. The average molecular weight is 665 g/mol. The first-order chi connectivity index (χ1) is 23.4. The van der Waals surface area contributed by atoms with E-state index in [0.29, 0.717) is 24.3 Å². The van der Waals surface area contributed by atoms with Crippen LogP contribution in [0.15, 0.2) is 103 Å². The van der Waals surface area contributed by atoms with Crippen LogP contribution in [-0.4, -0.2) is 49.2 Å². The molecule has 4 aromatic rings. The smallest absolute Gasteiger partial charge is 0.407 e. The fraction of sp³-hybridized carbons (Fsp3) is 0.282. The van der Waals surface area contributed by atoms with Gasteiger partial charge in [-0.3, -0.25) is 15.0 Å². The lowest BCUT2D eigenvalue weighted by Gasteiger charge is -2.27. The highest BCUT2D eigenvalue weighted by Crippen LogP contribution is 2.22. The lowest BCUT2D eigenvalue weighted by Crippen LogP contribution is -2.47. The van der Waals surface area contributed by atoms with Gasteiger partial charge in [0.2, 0.25) is 0 Å². The van der Waals surface area contributed by atoms with E-state index in [9.17, 15) is 14.4 Å². The van der Waals surface area contributed by atoms with Crippen LogP contribution in [-0.2, 0) is 38.6 Å². The molecule has 0 radical (unpaired) electrons. The maximum absolute atomic E-state index is 13.6. The Bertz CT molecular complexity index is 1730. The molecule has 10 nitrogen and oxygen atoms in total. The van der Waals surface area contributed by atoms with Crippen molar-refractivity contribution in [1.82, 2.24) is 10.6 Å². The van der Waals surface area contributed by atoms with Crippen molar-refractivity contribution in [3.05, 3.63) is 131 Å². The number of esters is 1. The molecule has 0 saturated carbocycles. The van der Waals surface area contributed by atoms with Crippen molar-refractivity contribution in [3.8, 4) is 11.1 Å². The molecule has 0 aromatic heterocycles. The highest BCUT2D eigenvalue weighted by atomic mass is 16.6. The number of amides is 2. The number of hydrogen-bond donors (Lipinski definition) is 4. The highest BCUT2D eigenvalue weighted by molar-refractivity contribution is 5.96. The number of ether oxygens (including phenoxy) is 3. The minimum absolute atomic E-state index is 0.0506. The van der Waals surface area contributed by atoms with E-state index in [1.807, 2.05) is 93.6 Å². The molecule has 0 bridgehead atoms. The third-order valence-electron chi connectivity index (χ3n) is 7.65. The van der Waals surface area contributed by atoms with Gasteiger partial charge in [0, 0.05) is 17.7 Å². The molecule has 49 heavy (non-hydrogen) atoms. The molecule has 0 saturated heterocycles. The van der Waals surface area contributed by atoms with Crippen molar-refractivity contribution >= 4 is 23.8 Å². The number of carbonyl (C=O) groups is 3. The molecule has 2 unspecified atom stereocenters. The summed E-state index contributed by atoms with van der Waals surface area (Å²) in [6.07, 6.45) is -0.262. The summed E-state index contributed by atoms with van der Waals surface area (Å²) in [5, 5.41) is 13.6. The fourth-order valence-corrected chi connectivity index (χ4v) is 5.21. The first-order valence-electron chi connectivity index (χ1n) is 16.0. The molecule has 0 spiro atoms. The molecule has 256 valence electrons. The van der Waals surface area contributed by atoms with Crippen LogP contribution in [0.2, 0.25) is 0 Å². The van der Waals surface area contributed by atoms with Crippen LogP contribution < -0.4 is 16.4 Å². The second-order valence-electron chi connectivity index (χ2n) is 12.7. The molecule has 10 heteroatoms. The number of benzene rings is 4. The van der Waals surface area contributed by atoms with Crippen LogP contribution >= 0.6 is 0 Å². The minimum atomic E-state index is -0.789. The molecule has 5 N–H and O–H groups in total. The number of nitrogens with two attached hydrogens (primary N) is 1. The Morgan fingerprint density at radius 1 is 0.796 bits per heavy atom. The van der Waals surface area contributed by atoms with Gasteiger partial charge in [-0.25, -0.2) is 4.79 Å². The summed E-state index contributed by atoms with van der Waals surface area (Å²) in [5.41, 5.74) is 10.5. The Labute approximate surface area is 287 Å². The Morgan fingerprint density at radius 3 is 2.14 bits per heavy atom. The van der Waals surface area contributed by atoms with Crippen LogP contribution in [0.25, 0.3) is 11.1 Å². The van der Waals surface area contributed by atoms with Crippen molar-refractivity contribution < 1.29 is 28.6 Å². The lowest BCUT2D eigenvalue weighted by atomic mass is 9.91. The van der Waals surface area contributed by atoms with Crippen molar-refractivity contribution in [3.63, 3.8) is 0 Å². The van der Waals surface area contributed by atoms with Crippen LogP contribution in [0.4, 0.5) is 4.79 Å². The van der Waals surface area contributed by atoms with Crippen LogP contribution in [0.1, 0.15) is 53.4 Å². The van der Waals surface area contributed by atoms with Gasteiger partial charge in [0.05, 0.1) is 32.3 Å². The molecule has 4 rings (SSSR count). The summed E-state index contributed by atoms with van der Waals surface area (Å²) in [6, 6.07) is 30.9. The first-order valence-corrected chi connectivity index (χ1v) is 16.0. The van der Waals surface area contributed by atoms with Gasteiger partial charge in [0.1, 0.15) is 11.4 Å². The zero-order chi connectivity index (χ0) is 35.4. The predicted molar refractivity (Wildman–Crippen MR) is 189 cm³/mol. The average Bonchev–Trinajstić information content (AvgIpc) is 3.09. The summed E-state index contributed by atoms with van der Waals surface area (Å²) < 4.78 is 16.5. The number of nitrogen functional groups attached to an aromatic ring is 1. The van der Waals surface area contributed by atoms with Gasteiger partial charge in [0.25, 0.3) is 5.91 Å². The topological polar surface area (TPSA) is 153 Å². The Kier molecular flexibility index (Phi) is 12.7. The van der Waals surface area contributed by atoms with Crippen LogP contribution in [0.3, 0.4) is 0 Å². The molecule has 0 heterocycles. The van der Waals surface area contributed by atoms with Gasteiger partial charge in [0.15, 0.2) is 0 Å². The van der Waals surface area contributed by atoms with Gasteiger partial charge in [-0.1, -0.05) is 78.9 Å². The molecule has 0 fully saturated rings. The van der Waals surface area contributed by atoms with Crippen molar-refractivity contribution in [2.24, 2.45) is 11.7 Å². The zero-order valence-electron chi connectivity index (χ0n) is 28.3. The monoisotopic (exact) mass is 664 g/mol. The minimum Gasteiger partial charge on any atom is -0.469 e. The third-order valence-corrected chi connectivity index (χ3v) is 7.65. The Morgan fingerprint density at radius 2 is 1.47 bits per heavy atom. The van der Waals surface area contributed by atoms with Crippen LogP contribution in [0.5, 0.6) is 0 Å². The summed E-state index contributed by atoms with van der Waals surface area (Å²) in [4.78, 5) is 38.9. The number of methoxy groups -OCH3 is 1. The first kappa shape index (κ1) is 36.4. The summed E-state index contributed by atoms with van der Waals surface area (Å²) >= 11 is 0. The highest BCUT2D eigenvalue weighted by Gasteiger charge is 2.32. The number of alkyl carbamates (subject to hydrolysis) is 1. The van der Waals surface area contributed by atoms with E-state index in [-0.39, 0.29) is 24.8 Å². The zero-order valence-corrected chi connectivity index (χ0v) is 28.3. The molecule has 0 aliphatic rings. The van der Waals surface area contributed by atoms with E-state index in [1.54, 1.807) is 30.3 Å². The van der Waals surface area contributed by atoms with Gasteiger partial charge < -0.3 is 30.6 Å². The molecular formula is C39H44N4O6. The number of carbonyl (C=O) groups excluding carboxylic acids is 3. The quantitative estimate of drug-likeness (QED) is 0.0732. The van der Waals surface area contributed by atoms with E-state index >= 15 is 0 Å². The van der Waals surface area contributed by atoms with Crippen molar-refractivity contribution in [2.75, 3.05) is 13.7 Å². The number of nitrogens with one attached hydrogen (secondary N) is 3. The van der Waals surface area contributed by atoms with Crippen molar-refractivity contribution in [1.29, 1.82) is 5.41 Å². The van der Waals surface area contributed by atoms with E-state index < -0.39 is 29.6 Å². The molecule has 0 aliphatic carbocycles. The maximum atomic E-state index is 13.6. The SMILES string of the molecule is COC(=O)C(Cc1cccc(C(=N)N)c1)C(COCc1ccccc1)NC(=O)c1ccc(-c2cccc(CNC(=O)OC(C)(C)C)c2)cc1. The van der Waals surface area contributed by atoms with Gasteiger partial charge in [-0.15, -0.1) is 0 Å². The van der Waals surface area contributed by atoms with Crippen LogP contribution in [0, 0.1) is 11.3 Å². The Balaban J connectivity index is 1.50. The Hall–Kier alpha value is -5.48. The van der Waals surface area contributed by atoms with Gasteiger partial charge in [-0.2, -0.15) is 0 Å². The molecule has 4 aromatic carbocycles. The number of amidine groups is 1. The van der Waals surface area contributed by atoms with E-state index in [4.69, 9.17) is 25.4 Å².